The lowest BCUT2D eigenvalue weighted by molar-refractivity contribution is 0.163. The number of aromatic nitrogens is 6. The largest absolute Gasteiger partial charge is 0.494 e. The minimum Gasteiger partial charge on any atom is -0.494 e. The molecule has 1 aromatic carbocycles. The van der Waals surface area contributed by atoms with Crippen molar-refractivity contribution in [3.63, 3.8) is 0 Å². The molecular formula is C20H28N8O2. The molecule has 10 heteroatoms. The van der Waals surface area contributed by atoms with E-state index < -0.39 is 0 Å². The van der Waals surface area contributed by atoms with Gasteiger partial charge in [0.1, 0.15) is 12.1 Å². The topological polar surface area (TPSA) is 98.2 Å². The Labute approximate surface area is 175 Å². The summed E-state index contributed by atoms with van der Waals surface area (Å²) in [5, 5.41) is 15.2. The summed E-state index contributed by atoms with van der Waals surface area (Å²) in [6.07, 6.45) is 2.53. The van der Waals surface area contributed by atoms with E-state index in [0.717, 1.165) is 49.9 Å². The van der Waals surface area contributed by atoms with Crippen LogP contribution in [-0.2, 0) is 0 Å². The van der Waals surface area contributed by atoms with Crippen LogP contribution < -0.4 is 9.64 Å². The van der Waals surface area contributed by atoms with Crippen LogP contribution in [0.4, 0.5) is 6.01 Å². The molecule has 0 saturated carbocycles. The van der Waals surface area contributed by atoms with Crippen molar-refractivity contribution in [2.45, 2.75) is 39.2 Å². The van der Waals surface area contributed by atoms with E-state index in [1.54, 1.807) is 11.0 Å². The van der Waals surface area contributed by atoms with Gasteiger partial charge in [-0.1, -0.05) is 19.0 Å². The summed E-state index contributed by atoms with van der Waals surface area (Å²) in [5.74, 6) is 1.89. The SMILES string of the molecule is CC(C)c1noc(N2CCN(C(C)CCOc3ccc(-n4cnnn4)cc3)CC2)n1. The summed E-state index contributed by atoms with van der Waals surface area (Å²) in [6, 6.07) is 8.85. The molecule has 0 spiro atoms. The van der Waals surface area contributed by atoms with Gasteiger partial charge < -0.3 is 14.2 Å². The molecule has 2 aromatic heterocycles. The lowest BCUT2D eigenvalue weighted by atomic mass is 10.2. The molecule has 30 heavy (non-hydrogen) atoms. The first-order chi connectivity index (χ1) is 14.6. The van der Waals surface area contributed by atoms with Crippen molar-refractivity contribution in [2.75, 3.05) is 37.7 Å². The number of tetrazole rings is 1. The van der Waals surface area contributed by atoms with Gasteiger partial charge in [0.25, 0.3) is 0 Å². The van der Waals surface area contributed by atoms with Gasteiger partial charge in [0.05, 0.1) is 12.3 Å². The van der Waals surface area contributed by atoms with E-state index in [9.17, 15) is 0 Å². The average Bonchev–Trinajstić information content (AvgIpc) is 3.47. The van der Waals surface area contributed by atoms with Gasteiger partial charge in [-0.05, 0) is 48.0 Å². The van der Waals surface area contributed by atoms with Crippen LogP contribution in [-0.4, -0.2) is 74.1 Å². The zero-order valence-electron chi connectivity index (χ0n) is 17.7. The summed E-state index contributed by atoms with van der Waals surface area (Å²) < 4.78 is 13.0. The molecule has 0 N–H and O–H groups in total. The Kier molecular flexibility index (Phi) is 6.22. The highest BCUT2D eigenvalue weighted by Crippen LogP contribution is 2.19. The fourth-order valence-electron chi connectivity index (χ4n) is 3.45. The third-order valence-corrected chi connectivity index (χ3v) is 5.41. The first kappa shape index (κ1) is 20.3. The van der Waals surface area contributed by atoms with E-state index in [-0.39, 0.29) is 5.92 Å². The molecule has 3 aromatic rings. The van der Waals surface area contributed by atoms with Crippen LogP contribution in [0.1, 0.15) is 38.9 Å². The van der Waals surface area contributed by atoms with E-state index >= 15 is 0 Å². The molecule has 4 rings (SSSR count). The molecule has 3 heterocycles. The van der Waals surface area contributed by atoms with E-state index in [1.165, 1.54) is 0 Å². The number of hydrogen-bond donors (Lipinski definition) is 0. The molecule has 0 amide bonds. The quantitative estimate of drug-likeness (QED) is 0.551. The molecular weight excluding hydrogens is 384 g/mol. The van der Waals surface area contributed by atoms with Gasteiger partial charge in [-0.2, -0.15) is 4.98 Å². The summed E-state index contributed by atoms with van der Waals surface area (Å²) >= 11 is 0. The molecule has 1 aliphatic heterocycles. The van der Waals surface area contributed by atoms with Gasteiger partial charge >= 0.3 is 6.01 Å². The van der Waals surface area contributed by atoms with Gasteiger partial charge in [0, 0.05) is 38.1 Å². The molecule has 1 aliphatic rings. The summed E-state index contributed by atoms with van der Waals surface area (Å²) in [6.45, 7) is 10.8. The van der Waals surface area contributed by atoms with Gasteiger partial charge in [0.2, 0.25) is 0 Å². The number of piperazine rings is 1. The number of nitrogens with zero attached hydrogens (tertiary/aromatic N) is 8. The molecule has 160 valence electrons. The fraction of sp³-hybridized carbons (Fsp3) is 0.550. The Morgan fingerprint density at radius 1 is 1.07 bits per heavy atom. The van der Waals surface area contributed by atoms with Crippen molar-refractivity contribution in [3.8, 4) is 11.4 Å². The van der Waals surface area contributed by atoms with Crippen LogP contribution in [0.3, 0.4) is 0 Å². The second-order valence-corrected chi connectivity index (χ2v) is 7.85. The second-order valence-electron chi connectivity index (χ2n) is 7.85. The molecule has 1 atom stereocenters. The highest BCUT2D eigenvalue weighted by Gasteiger charge is 2.24. The van der Waals surface area contributed by atoms with Crippen molar-refractivity contribution in [1.29, 1.82) is 0 Å². The predicted octanol–water partition coefficient (Wildman–Crippen LogP) is 2.15. The van der Waals surface area contributed by atoms with E-state index in [1.807, 2.05) is 24.3 Å². The van der Waals surface area contributed by atoms with Gasteiger partial charge in [0.15, 0.2) is 5.82 Å². The zero-order chi connectivity index (χ0) is 20.9. The van der Waals surface area contributed by atoms with Crippen molar-refractivity contribution >= 4 is 6.01 Å². The molecule has 0 bridgehead atoms. The van der Waals surface area contributed by atoms with Crippen LogP contribution >= 0.6 is 0 Å². The minimum atomic E-state index is 0.277. The highest BCUT2D eigenvalue weighted by atomic mass is 16.5. The Morgan fingerprint density at radius 2 is 1.83 bits per heavy atom. The first-order valence-corrected chi connectivity index (χ1v) is 10.4. The van der Waals surface area contributed by atoms with E-state index in [0.29, 0.717) is 18.7 Å². The lowest BCUT2D eigenvalue weighted by Gasteiger charge is -2.37. The maximum atomic E-state index is 5.92. The minimum absolute atomic E-state index is 0.277. The zero-order valence-corrected chi connectivity index (χ0v) is 17.7. The van der Waals surface area contributed by atoms with Gasteiger partial charge in [-0.25, -0.2) is 4.68 Å². The molecule has 0 radical (unpaired) electrons. The Bertz CT molecular complexity index is 901. The summed E-state index contributed by atoms with van der Waals surface area (Å²) in [4.78, 5) is 9.16. The maximum Gasteiger partial charge on any atom is 0.324 e. The Morgan fingerprint density at radius 3 is 2.47 bits per heavy atom. The predicted molar refractivity (Wildman–Crippen MR) is 111 cm³/mol. The fourth-order valence-corrected chi connectivity index (χ4v) is 3.45. The van der Waals surface area contributed by atoms with Crippen molar-refractivity contribution < 1.29 is 9.26 Å². The smallest absolute Gasteiger partial charge is 0.324 e. The number of ether oxygens (including phenoxy) is 1. The molecule has 10 nitrogen and oxygen atoms in total. The normalized spacial score (nSPS) is 16.2. The van der Waals surface area contributed by atoms with Crippen molar-refractivity contribution in [3.05, 3.63) is 36.4 Å². The lowest BCUT2D eigenvalue weighted by Crippen LogP contribution is -2.50. The molecule has 0 aliphatic carbocycles. The van der Waals surface area contributed by atoms with E-state index in [2.05, 4.69) is 56.2 Å². The molecule has 1 fully saturated rings. The number of hydrogen-bond acceptors (Lipinski definition) is 9. The molecule has 1 unspecified atom stereocenters. The monoisotopic (exact) mass is 412 g/mol. The van der Waals surface area contributed by atoms with Crippen LogP contribution in [0.5, 0.6) is 5.75 Å². The Hall–Kier alpha value is -3.01. The third-order valence-electron chi connectivity index (χ3n) is 5.41. The van der Waals surface area contributed by atoms with Crippen LogP contribution in [0.25, 0.3) is 5.69 Å². The van der Waals surface area contributed by atoms with Gasteiger partial charge in [-0.3, -0.25) is 4.90 Å². The average molecular weight is 412 g/mol. The maximum absolute atomic E-state index is 5.92. The highest BCUT2D eigenvalue weighted by molar-refractivity contribution is 5.36. The summed E-state index contributed by atoms with van der Waals surface area (Å²) in [7, 11) is 0. The van der Waals surface area contributed by atoms with Gasteiger partial charge in [-0.15, -0.1) is 5.10 Å². The van der Waals surface area contributed by atoms with Crippen LogP contribution in [0.2, 0.25) is 0 Å². The summed E-state index contributed by atoms with van der Waals surface area (Å²) in [5.41, 5.74) is 0.903. The van der Waals surface area contributed by atoms with Crippen LogP contribution in [0.15, 0.2) is 35.1 Å². The molecule has 1 saturated heterocycles. The van der Waals surface area contributed by atoms with Crippen molar-refractivity contribution in [1.82, 2.24) is 35.2 Å². The Balaban J connectivity index is 1.20. The van der Waals surface area contributed by atoms with Crippen molar-refractivity contribution in [2.24, 2.45) is 0 Å². The third kappa shape index (κ3) is 4.76. The number of anilines is 1. The first-order valence-electron chi connectivity index (χ1n) is 10.4. The second kappa shape index (κ2) is 9.21. The van der Waals surface area contributed by atoms with Crippen LogP contribution in [0, 0.1) is 0 Å². The standard InChI is InChI=1S/C20H28N8O2/c1-15(2)19-22-20(30-23-19)27-11-9-26(10-12-27)16(3)8-13-29-18-6-4-17(5-7-18)28-14-21-24-25-28/h4-7,14-16H,8-13H2,1-3H3. The van der Waals surface area contributed by atoms with E-state index in [4.69, 9.17) is 9.26 Å². The number of benzene rings is 1. The number of rotatable bonds is 8.